The van der Waals surface area contributed by atoms with Gasteiger partial charge >= 0.3 is 0 Å². The summed E-state index contributed by atoms with van der Waals surface area (Å²) in [5.74, 6) is 0.0847. The van der Waals surface area contributed by atoms with Gasteiger partial charge in [0.2, 0.25) is 5.91 Å². The lowest BCUT2D eigenvalue weighted by atomic mass is 10.1. The Morgan fingerprint density at radius 1 is 1.06 bits per heavy atom. The molecule has 0 saturated carbocycles. The molecule has 4 rings (SSSR count). The molecule has 8 heteroatoms. The van der Waals surface area contributed by atoms with Crippen LogP contribution in [0.4, 0.5) is 4.39 Å². The van der Waals surface area contributed by atoms with Crippen LogP contribution in [0.5, 0.6) is 0 Å². The molecule has 1 atom stereocenters. The fraction of sp³-hybridized carbons (Fsp3) is 0.185. The molecule has 1 heterocycles. The van der Waals surface area contributed by atoms with Gasteiger partial charge in [-0.05, 0) is 55.8 Å². The quantitative estimate of drug-likeness (QED) is 0.302. The summed E-state index contributed by atoms with van der Waals surface area (Å²) in [5, 5.41) is 18.1. The molecule has 0 aliphatic heterocycles. The predicted octanol–water partition coefficient (Wildman–Crippen LogP) is 5.65. The molecule has 1 amide bonds. The monoisotopic (exact) mass is 485 g/mol. The zero-order chi connectivity index (χ0) is 24.8. The summed E-state index contributed by atoms with van der Waals surface area (Å²) in [6, 6.07) is 25.1. The molecule has 35 heavy (non-hydrogen) atoms. The molecule has 3 aromatic carbocycles. The molecule has 4 aromatic rings. The first kappa shape index (κ1) is 24.2. The number of carbonyl (C=O) groups excluding carboxylic acids is 1. The van der Waals surface area contributed by atoms with Crippen molar-refractivity contribution >= 4 is 17.7 Å². The summed E-state index contributed by atoms with van der Waals surface area (Å²) in [6.45, 7) is 4.44. The fourth-order valence-electron chi connectivity index (χ4n) is 3.88. The second-order valence-corrected chi connectivity index (χ2v) is 8.78. The number of halogens is 1. The van der Waals surface area contributed by atoms with E-state index in [-0.39, 0.29) is 17.7 Å². The van der Waals surface area contributed by atoms with Crippen LogP contribution in [0.25, 0.3) is 17.1 Å². The number of thioether (sulfide) groups is 1. The molecule has 0 N–H and O–H groups in total. The van der Waals surface area contributed by atoms with Gasteiger partial charge in [-0.2, -0.15) is 5.26 Å². The Morgan fingerprint density at radius 3 is 2.40 bits per heavy atom. The number of hydrogen-bond acceptors (Lipinski definition) is 5. The number of amides is 1. The van der Waals surface area contributed by atoms with Gasteiger partial charge in [0, 0.05) is 12.2 Å². The van der Waals surface area contributed by atoms with Gasteiger partial charge in [0.05, 0.1) is 29.0 Å². The Bertz CT molecular complexity index is 1350. The fourth-order valence-corrected chi connectivity index (χ4v) is 4.72. The maximum atomic E-state index is 14.6. The number of rotatable bonds is 8. The average molecular weight is 486 g/mol. The van der Waals surface area contributed by atoms with Gasteiger partial charge in [-0.25, -0.2) is 4.39 Å². The molecule has 0 aliphatic rings. The second kappa shape index (κ2) is 11.0. The van der Waals surface area contributed by atoms with Gasteiger partial charge in [0.15, 0.2) is 11.0 Å². The van der Waals surface area contributed by atoms with Crippen molar-refractivity contribution < 1.29 is 9.18 Å². The van der Waals surface area contributed by atoms with Crippen LogP contribution in [-0.2, 0) is 4.79 Å². The molecule has 1 unspecified atom stereocenters. The lowest BCUT2D eigenvalue weighted by Crippen LogP contribution is -2.34. The summed E-state index contributed by atoms with van der Waals surface area (Å²) in [5.41, 5.74) is 2.66. The van der Waals surface area contributed by atoms with E-state index < -0.39 is 5.82 Å². The van der Waals surface area contributed by atoms with E-state index in [1.54, 1.807) is 39.8 Å². The van der Waals surface area contributed by atoms with Crippen molar-refractivity contribution in [3.8, 4) is 23.1 Å². The van der Waals surface area contributed by atoms with Crippen LogP contribution < -0.4 is 0 Å². The molecular weight excluding hydrogens is 461 g/mol. The first-order valence-electron chi connectivity index (χ1n) is 11.2. The number of carbonyl (C=O) groups is 1. The molecule has 176 valence electrons. The normalized spacial score (nSPS) is 11.6. The highest BCUT2D eigenvalue weighted by atomic mass is 32.2. The molecule has 0 fully saturated rings. The van der Waals surface area contributed by atoms with Crippen LogP contribution >= 0.6 is 11.8 Å². The van der Waals surface area contributed by atoms with Gasteiger partial charge < -0.3 is 4.90 Å². The summed E-state index contributed by atoms with van der Waals surface area (Å²) in [6.07, 6.45) is 0. The minimum Gasteiger partial charge on any atom is -0.335 e. The van der Waals surface area contributed by atoms with E-state index in [4.69, 9.17) is 5.26 Å². The Kier molecular flexibility index (Phi) is 7.58. The van der Waals surface area contributed by atoms with E-state index in [0.29, 0.717) is 28.7 Å². The zero-order valence-corrected chi connectivity index (χ0v) is 20.2. The van der Waals surface area contributed by atoms with E-state index in [9.17, 15) is 9.18 Å². The number of benzene rings is 3. The van der Waals surface area contributed by atoms with Crippen molar-refractivity contribution in [1.29, 1.82) is 5.26 Å². The third-order valence-electron chi connectivity index (χ3n) is 5.74. The average Bonchev–Trinajstić information content (AvgIpc) is 3.32. The van der Waals surface area contributed by atoms with E-state index in [1.165, 1.54) is 17.8 Å². The van der Waals surface area contributed by atoms with E-state index in [2.05, 4.69) is 16.3 Å². The molecule has 0 radical (unpaired) electrons. The van der Waals surface area contributed by atoms with Gasteiger partial charge in [0.1, 0.15) is 5.82 Å². The van der Waals surface area contributed by atoms with Crippen LogP contribution in [0.15, 0.2) is 84.0 Å². The standard InChI is InChI=1S/C27H24FN5OS/c1-3-32(19(2)21-15-13-20(17-29)14-16-21)25(34)18-35-27-31-30-26(23-11-7-8-12-24(23)28)33(27)22-9-5-4-6-10-22/h4-16,19H,3,18H2,1-2H3. The third kappa shape index (κ3) is 5.26. The summed E-state index contributed by atoms with van der Waals surface area (Å²) < 4.78 is 16.4. The van der Waals surface area contributed by atoms with Crippen molar-refractivity contribution in [2.45, 2.75) is 25.0 Å². The number of nitriles is 1. The second-order valence-electron chi connectivity index (χ2n) is 7.84. The van der Waals surface area contributed by atoms with Crippen molar-refractivity contribution in [1.82, 2.24) is 19.7 Å². The third-order valence-corrected chi connectivity index (χ3v) is 6.65. The first-order chi connectivity index (χ1) is 17.0. The lowest BCUT2D eigenvalue weighted by molar-refractivity contribution is -0.130. The number of nitrogens with zero attached hydrogens (tertiary/aromatic N) is 5. The SMILES string of the molecule is CCN(C(=O)CSc1nnc(-c2ccccc2F)n1-c1ccccc1)C(C)c1ccc(C#N)cc1. The molecular formula is C27H24FN5OS. The van der Waals surface area contributed by atoms with E-state index >= 15 is 0 Å². The zero-order valence-electron chi connectivity index (χ0n) is 19.4. The van der Waals surface area contributed by atoms with Crippen LogP contribution in [0.3, 0.4) is 0 Å². The van der Waals surface area contributed by atoms with Gasteiger partial charge in [-0.3, -0.25) is 9.36 Å². The number of aromatic nitrogens is 3. The molecule has 0 spiro atoms. The Hall–Kier alpha value is -3.96. The van der Waals surface area contributed by atoms with E-state index in [0.717, 1.165) is 11.3 Å². The van der Waals surface area contributed by atoms with Crippen molar-refractivity contribution in [2.75, 3.05) is 12.3 Å². The highest BCUT2D eigenvalue weighted by Gasteiger charge is 2.23. The predicted molar refractivity (Wildman–Crippen MR) is 134 cm³/mol. The summed E-state index contributed by atoms with van der Waals surface area (Å²) in [7, 11) is 0. The van der Waals surface area contributed by atoms with Gasteiger partial charge in [-0.1, -0.05) is 54.2 Å². The van der Waals surface area contributed by atoms with Crippen LogP contribution in [0, 0.1) is 17.1 Å². The summed E-state index contributed by atoms with van der Waals surface area (Å²) in [4.78, 5) is 15.0. The van der Waals surface area contributed by atoms with Crippen LogP contribution in [0.1, 0.15) is 31.0 Å². The maximum absolute atomic E-state index is 14.6. The molecule has 0 aliphatic carbocycles. The topological polar surface area (TPSA) is 74.8 Å². The Morgan fingerprint density at radius 2 is 1.74 bits per heavy atom. The van der Waals surface area contributed by atoms with Crippen molar-refractivity contribution in [2.24, 2.45) is 0 Å². The van der Waals surface area contributed by atoms with Crippen LogP contribution in [0.2, 0.25) is 0 Å². The Balaban J connectivity index is 1.58. The highest BCUT2D eigenvalue weighted by molar-refractivity contribution is 7.99. The number of hydrogen-bond donors (Lipinski definition) is 0. The largest absolute Gasteiger partial charge is 0.335 e. The molecule has 0 saturated heterocycles. The first-order valence-corrected chi connectivity index (χ1v) is 12.2. The van der Waals surface area contributed by atoms with E-state index in [1.807, 2.05) is 56.3 Å². The van der Waals surface area contributed by atoms with Gasteiger partial charge in [-0.15, -0.1) is 10.2 Å². The van der Waals surface area contributed by atoms with Gasteiger partial charge in [0.25, 0.3) is 0 Å². The molecule has 6 nitrogen and oxygen atoms in total. The number of para-hydroxylation sites is 1. The van der Waals surface area contributed by atoms with Crippen molar-refractivity contribution in [3.05, 3.63) is 95.8 Å². The minimum atomic E-state index is -0.391. The smallest absolute Gasteiger partial charge is 0.233 e. The highest BCUT2D eigenvalue weighted by Crippen LogP contribution is 2.30. The minimum absolute atomic E-state index is 0.0515. The molecule has 0 bridgehead atoms. The maximum Gasteiger partial charge on any atom is 0.233 e. The Labute approximate surface area is 208 Å². The van der Waals surface area contributed by atoms with Crippen LogP contribution in [-0.4, -0.2) is 37.9 Å². The van der Waals surface area contributed by atoms with Crippen molar-refractivity contribution in [3.63, 3.8) is 0 Å². The lowest BCUT2D eigenvalue weighted by Gasteiger charge is -2.28. The summed E-state index contributed by atoms with van der Waals surface area (Å²) >= 11 is 1.27. The molecule has 1 aromatic heterocycles.